The van der Waals surface area contributed by atoms with Crippen LogP contribution in [-0.4, -0.2) is 31.6 Å². The molecule has 2 aromatic rings. The van der Waals surface area contributed by atoms with Crippen LogP contribution in [0.15, 0.2) is 42.5 Å². The summed E-state index contributed by atoms with van der Waals surface area (Å²) in [7, 11) is 2.21. The van der Waals surface area contributed by atoms with Crippen molar-refractivity contribution in [3.05, 3.63) is 53.1 Å². The summed E-state index contributed by atoms with van der Waals surface area (Å²) in [6.07, 6.45) is 2.36. The molecule has 1 saturated heterocycles. The lowest BCUT2D eigenvalue weighted by Gasteiger charge is -2.38. The normalized spacial score (nSPS) is 20.0. The molecule has 3 nitrogen and oxygen atoms in total. The predicted octanol–water partition coefficient (Wildman–Crippen LogP) is 4.04. The van der Waals surface area contributed by atoms with Gasteiger partial charge >= 0.3 is 0 Å². The Labute approximate surface area is 142 Å². The Bertz CT molecular complexity index is 735. The first-order valence-corrected chi connectivity index (χ1v) is 8.57. The highest BCUT2D eigenvalue weighted by Crippen LogP contribution is 2.51. The van der Waals surface area contributed by atoms with Gasteiger partial charge in [-0.05, 0) is 62.8 Å². The van der Waals surface area contributed by atoms with Gasteiger partial charge in [0.15, 0.2) is 0 Å². The Hall–Kier alpha value is -1.71. The number of piperidine rings is 1. The summed E-state index contributed by atoms with van der Waals surface area (Å²) in [5.41, 5.74) is 11.0. The zero-order chi connectivity index (χ0) is 16.0. The van der Waals surface area contributed by atoms with E-state index in [1.165, 1.54) is 24.1 Å². The van der Waals surface area contributed by atoms with Crippen LogP contribution < -0.4 is 10.6 Å². The number of halogens is 1. The standard InChI is InChI=1S/C19H22ClN3/c1-22-10-8-19(9-11-22)13-23(17-5-3-2-4-16(17)21)18-12-14(20)6-7-15(18)19/h2-7,12H,8-11,13,21H2,1H3. The second-order valence-corrected chi connectivity index (χ2v) is 7.33. The molecule has 2 aromatic carbocycles. The third kappa shape index (κ3) is 2.39. The number of benzene rings is 2. The van der Waals surface area contributed by atoms with Gasteiger partial charge in [-0.25, -0.2) is 0 Å². The second-order valence-electron chi connectivity index (χ2n) is 6.89. The van der Waals surface area contributed by atoms with Gasteiger partial charge in [-0.2, -0.15) is 0 Å². The monoisotopic (exact) mass is 327 g/mol. The van der Waals surface area contributed by atoms with Gasteiger partial charge in [0.2, 0.25) is 0 Å². The lowest BCUT2D eigenvalue weighted by molar-refractivity contribution is 0.198. The number of nitrogens with two attached hydrogens (primary N) is 1. The molecule has 0 amide bonds. The fraction of sp³-hybridized carbons (Fsp3) is 0.368. The number of para-hydroxylation sites is 2. The quantitative estimate of drug-likeness (QED) is 0.802. The minimum Gasteiger partial charge on any atom is -0.397 e. The first-order valence-electron chi connectivity index (χ1n) is 8.20. The van der Waals surface area contributed by atoms with Crippen LogP contribution in [0.3, 0.4) is 0 Å². The zero-order valence-electron chi connectivity index (χ0n) is 13.4. The van der Waals surface area contributed by atoms with E-state index in [9.17, 15) is 0 Å². The van der Waals surface area contributed by atoms with Crippen LogP contribution in [0.4, 0.5) is 17.1 Å². The Morgan fingerprint density at radius 3 is 2.52 bits per heavy atom. The number of likely N-dealkylation sites (tertiary alicyclic amines) is 1. The molecule has 4 rings (SSSR count). The first kappa shape index (κ1) is 14.9. The van der Waals surface area contributed by atoms with Crippen LogP contribution in [0.5, 0.6) is 0 Å². The number of rotatable bonds is 1. The van der Waals surface area contributed by atoms with Crippen LogP contribution >= 0.6 is 11.6 Å². The summed E-state index contributed by atoms with van der Waals surface area (Å²) in [6, 6.07) is 14.5. The summed E-state index contributed by atoms with van der Waals surface area (Å²) in [6.45, 7) is 3.27. The molecule has 0 saturated carbocycles. The molecule has 0 unspecified atom stereocenters. The number of fused-ring (bicyclic) bond motifs is 2. The molecule has 4 heteroatoms. The van der Waals surface area contributed by atoms with Gasteiger partial charge in [0.05, 0.1) is 11.4 Å². The maximum Gasteiger partial charge on any atom is 0.0644 e. The average Bonchev–Trinajstić information content (AvgIpc) is 2.85. The van der Waals surface area contributed by atoms with Crippen molar-refractivity contribution in [2.24, 2.45) is 0 Å². The third-order valence-electron chi connectivity index (χ3n) is 5.45. The van der Waals surface area contributed by atoms with Gasteiger partial charge < -0.3 is 15.5 Å². The highest BCUT2D eigenvalue weighted by molar-refractivity contribution is 6.31. The zero-order valence-corrected chi connectivity index (χ0v) is 14.2. The Morgan fingerprint density at radius 1 is 1.04 bits per heavy atom. The van der Waals surface area contributed by atoms with E-state index in [1.807, 2.05) is 18.2 Å². The fourth-order valence-corrected chi connectivity index (χ4v) is 4.24. The summed E-state index contributed by atoms with van der Waals surface area (Å²) < 4.78 is 0. The predicted molar refractivity (Wildman–Crippen MR) is 97.7 cm³/mol. The molecular weight excluding hydrogens is 306 g/mol. The maximum atomic E-state index is 6.30. The largest absolute Gasteiger partial charge is 0.397 e. The SMILES string of the molecule is CN1CCC2(CC1)CN(c1ccccc1N)c1cc(Cl)ccc12. The van der Waals surface area contributed by atoms with Crippen LogP contribution in [0.1, 0.15) is 18.4 Å². The summed E-state index contributed by atoms with van der Waals surface area (Å²) in [5, 5.41) is 0.785. The van der Waals surface area contributed by atoms with Gasteiger partial charge in [0.1, 0.15) is 0 Å². The molecule has 2 heterocycles. The molecule has 1 fully saturated rings. The van der Waals surface area contributed by atoms with Crippen LogP contribution in [0.2, 0.25) is 5.02 Å². The number of anilines is 3. The lowest BCUT2D eigenvalue weighted by Crippen LogP contribution is -2.43. The Kier molecular flexibility index (Phi) is 3.51. The van der Waals surface area contributed by atoms with Crippen molar-refractivity contribution in [3.63, 3.8) is 0 Å². The van der Waals surface area contributed by atoms with E-state index in [-0.39, 0.29) is 5.41 Å². The number of hydrogen-bond donors (Lipinski definition) is 1. The third-order valence-corrected chi connectivity index (χ3v) is 5.69. The van der Waals surface area contributed by atoms with Crippen LogP contribution in [-0.2, 0) is 5.41 Å². The van der Waals surface area contributed by atoms with Gasteiger partial charge in [-0.1, -0.05) is 29.8 Å². The van der Waals surface area contributed by atoms with Crippen molar-refractivity contribution in [3.8, 4) is 0 Å². The molecular formula is C19H22ClN3. The second kappa shape index (κ2) is 5.43. The Balaban J connectivity index is 1.82. The highest BCUT2D eigenvalue weighted by Gasteiger charge is 2.44. The van der Waals surface area contributed by atoms with Crippen molar-refractivity contribution in [2.45, 2.75) is 18.3 Å². The first-order chi connectivity index (χ1) is 11.1. The van der Waals surface area contributed by atoms with Gasteiger partial charge in [0, 0.05) is 22.7 Å². The van der Waals surface area contributed by atoms with E-state index in [2.05, 4.69) is 41.1 Å². The molecule has 0 radical (unpaired) electrons. The summed E-state index contributed by atoms with van der Waals surface area (Å²) >= 11 is 6.30. The van der Waals surface area contributed by atoms with E-state index in [4.69, 9.17) is 17.3 Å². The van der Waals surface area contributed by atoms with Crippen molar-refractivity contribution in [1.82, 2.24) is 4.90 Å². The number of hydrogen-bond acceptors (Lipinski definition) is 3. The molecule has 2 aliphatic rings. The molecule has 0 atom stereocenters. The van der Waals surface area contributed by atoms with Gasteiger partial charge in [0.25, 0.3) is 0 Å². The summed E-state index contributed by atoms with van der Waals surface area (Å²) in [4.78, 5) is 4.78. The molecule has 23 heavy (non-hydrogen) atoms. The fourth-order valence-electron chi connectivity index (χ4n) is 4.07. The van der Waals surface area contributed by atoms with Gasteiger partial charge in [-0.15, -0.1) is 0 Å². The molecule has 0 aliphatic carbocycles. The minimum atomic E-state index is 0.217. The van der Waals surface area contributed by atoms with Crippen molar-refractivity contribution >= 4 is 28.7 Å². The van der Waals surface area contributed by atoms with Crippen LogP contribution in [0.25, 0.3) is 0 Å². The molecule has 1 spiro atoms. The van der Waals surface area contributed by atoms with Crippen molar-refractivity contribution in [1.29, 1.82) is 0 Å². The van der Waals surface area contributed by atoms with Gasteiger partial charge in [-0.3, -0.25) is 0 Å². The molecule has 120 valence electrons. The lowest BCUT2D eigenvalue weighted by atomic mass is 9.74. The molecule has 2 aliphatic heterocycles. The van der Waals surface area contributed by atoms with E-state index in [0.29, 0.717) is 0 Å². The molecule has 0 bridgehead atoms. The average molecular weight is 328 g/mol. The number of nitrogen functional groups attached to an aromatic ring is 1. The topological polar surface area (TPSA) is 32.5 Å². The van der Waals surface area contributed by atoms with E-state index in [1.54, 1.807) is 0 Å². The maximum absolute atomic E-state index is 6.30. The van der Waals surface area contributed by atoms with E-state index < -0.39 is 0 Å². The van der Waals surface area contributed by atoms with Crippen molar-refractivity contribution in [2.75, 3.05) is 37.3 Å². The van der Waals surface area contributed by atoms with E-state index >= 15 is 0 Å². The Morgan fingerprint density at radius 2 is 1.78 bits per heavy atom. The molecule has 0 aromatic heterocycles. The van der Waals surface area contributed by atoms with Crippen LogP contribution in [0, 0.1) is 0 Å². The van der Waals surface area contributed by atoms with E-state index in [0.717, 1.165) is 36.0 Å². The summed E-state index contributed by atoms with van der Waals surface area (Å²) in [5.74, 6) is 0. The molecule has 2 N–H and O–H groups in total. The smallest absolute Gasteiger partial charge is 0.0644 e. The van der Waals surface area contributed by atoms with Crippen molar-refractivity contribution < 1.29 is 0 Å². The minimum absolute atomic E-state index is 0.217. The highest BCUT2D eigenvalue weighted by atomic mass is 35.5. The number of nitrogens with zero attached hydrogens (tertiary/aromatic N) is 2.